The lowest BCUT2D eigenvalue weighted by atomic mass is 9.93. The molecule has 3 rings (SSSR count). The zero-order chi connectivity index (χ0) is 10.1. The molecule has 1 aromatic heterocycles. The first-order valence-electron chi connectivity index (χ1n) is 5.02. The molecule has 2 heterocycles. The largest absolute Gasteiger partial charge is 0.359 e. The molecule has 0 radical (unpaired) electrons. The molecule has 0 spiro atoms. The van der Waals surface area contributed by atoms with Crippen molar-refractivity contribution in [2.75, 3.05) is 6.61 Å². The van der Waals surface area contributed by atoms with Crippen molar-refractivity contribution >= 4 is 0 Å². The van der Waals surface area contributed by atoms with E-state index in [-0.39, 0.29) is 5.60 Å². The van der Waals surface area contributed by atoms with E-state index in [1.165, 1.54) is 5.56 Å². The standard InChI is InChI=1S/C13H11NO/c1-2-5-11(6-3-1)13(10-15-13)12-7-4-8-14-9-12/h1-9H,10H2. The van der Waals surface area contributed by atoms with E-state index in [2.05, 4.69) is 23.2 Å². The lowest BCUT2D eigenvalue weighted by molar-refractivity contribution is 0.348. The Bertz CT molecular complexity index is 407. The van der Waals surface area contributed by atoms with Gasteiger partial charge in [-0.05, 0) is 11.6 Å². The van der Waals surface area contributed by atoms with Crippen LogP contribution in [0.4, 0.5) is 0 Å². The van der Waals surface area contributed by atoms with Gasteiger partial charge in [-0.2, -0.15) is 0 Å². The molecule has 1 atom stereocenters. The third-order valence-electron chi connectivity index (χ3n) is 2.80. The van der Waals surface area contributed by atoms with Crippen LogP contribution in [0.5, 0.6) is 0 Å². The highest BCUT2D eigenvalue weighted by Gasteiger charge is 2.48. The maximum atomic E-state index is 5.63. The van der Waals surface area contributed by atoms with E-state index < -0.39 is 0 Å². The summed E-state index contributed by atoms with van der Waals surface area (Å²) in [5, 5.41) is 0. The van der Waals surface area contributed by atoms with E-state index in [9.17, 15) is 0 Å². The Morgan fingerprint density at radius 3 is 2.33 bits per heavy atom. The summed E-state index contributed by atoms with van der Waals surface area (Å²) in [5.41, 5.74) is 2.12. The predicted octanol–water partition coefficient (Wildman–Crippen LogP) is 2.36. The lowest BCUT2D eigenvalue weighted by Crippen LogP contribution is -2.10. The Kier molecular flexibility index (Phi) is 1.82. The van der Waals surface area contributed by atoms with Gasteiger partial charge in [0.15, 0.2) is 0 Å². The molecule has 1 aliphatic heterocycles. The minimum Gasteiger partial charge on any atom is -0.359 e. The zero-order valence-electron chi connectivity index (χ0n) is 8.26. The number of ether oxygens (including phenoxy) is 1. The van der Waals surface area contributed by atoms with Crippen LogP contribution in [-0.2, 0) is 10.3 Å². The minimum atomic E-state index is -0.227. The van der Waals surface area contributed by atoms with Crippen molar-refractivity contribution in [3.05, 3.63) is 66.0 Å². The maximum Gasteiger partial charge on any atom is 0.143 e. The Balaban J connectivity index is 2.06. The lowest BCUT2D eigenvalue weighted by Gasteiger charge is -2.11. The molecule has 0 amide bonds. The molecule has 2 nitrogen and oxygen atoms in total. The van der Waals surface area contributed by atoms with Crippen LogP contribution >= 0.6 is 0 Å². The average Bonchev–Trinajstić information content (AvgIpc) is 3.13. The summed E-state index contributed by atoms with van der Waals surface area (Å²) in [6.07, 6.45) is 3.66. The van der Waals surface area contributed by atoms with Crippen molar-refractivity contribution in [3.8, 4) is 0 Å². The molecule has 74 valence electrons. The Labute approximate surface area is 88.5 Å². The summed E-state index contributed by atoms with van der Waals surface area (Å²) < 4.78 is 5.63. The smallest absolute Gasteiger partial charge is 0.143 e. The van der Waals surface area contributed by atoms with Crippen LogP contribution in [-0.4, -0.2) is 11.6 Å². The van der Waals surface area contributed by atoms with Crippen LogP contribution in [0.2, 0.25) is 0 Å². The highest BCUT2D eigenvalue weighted by Crippen LogP contribution is 2.44. The van der Waals surface area contributed by atoms with Crippen molar-refractivity contribution in [2.24, 2.45) is 0 Å². The Hall–Kier alpha value is -1.67. The fraction of sp³-hybridized carbons (Fsp3) is 0.154. The molecule has 0 aliphatic carbocycles. The van der Waals surface area contributed by atoms with Gasteiger partial charge < -0.3 is 4.74 Å². The number of nitrogens with zero attached hydrogens (tertiary/aromatic N) is 1. The second-order valence-corrected chi connectivity index (χ2v) is 3.72. The van der Waals surface area contributed by atoms with E-state index in [4.69, 9.17) is 4.74 Å². The number of hydrogen-bond acceptors (Lipinski definition) is 2. The molecule has 1 aromatic carbocycles. The monoisotopic (exact) mass is 197 g/mol. The van der Waals surface area contributed by atoms with Crippen LogP contribution in [0.25, 0.3) is 0 Å². The Morgan fingerprint density at radius 2 is 1.73 bits per heavy atom. The quantitative estimate of drug-likeness (QED) is 0.690. The molecule has 2 heteroatoms. The SMILES string of the molecule is c1ccc(C2(c3cccnc3)CO2)cc1. The van der Waals surface area contributed by atoms with Gasteiger partial charge in [-0.25, -0.2) is 0 Å². The number of epoxide rings is 1. The summed E-state index contributed by atoms with van der Waals surface area (Å²) in [5.74, 6) is 0. The summed E-state index contributed by atoms with van der Waals surface area (Å²) in [6.45, 7) is 0.753. The molecule has 1 unspecified atom stereocenters. The first kappa shape index (κ1) is 8.62. The highest BCUT2D eigenvalue weighted by atomic mass is 16.6. The number of pyridine rings is 1. The predicted molar refractivity (Wildman–Crippen MR) is 57.4 cm³/mol. The van der Waals surface area contributed by atoms with E-state index in [0.717, 1.165) is 12.2 Å². The van der Waals surface area contributed by atoms with Crippen LogP contribution < -0.4 is 0 Å². The second kappa shape index (κ2) is 3.17. The number of aromatic nitrogens is 1. The van der Waals surface area contributed by atoms with Gasteiger partial charge in [-0.1, -0.05) is 36.4 Å². The van der Waals surface area contributed by atoms with E-state index >= 15 is 0 Å². The first-order chi connectivity index (χ1) is 7.42. The molecule has 2 aromatic rings. The van der Waals surface area contributed by atoms with E-state index in [0.29, 0.717) is 0 Å². The van der Waals surface area contributed by atoms with Crippen LogP contribution in [0.15, 0.2) is 54.9 Å². The van der Waals surface area contributed by atoms with E-state index in [1.54, 1.807) is 6.20 Å². The summed E-state index contributed by atoms with van der Waals surface area (Å²) in [7, 11) is 0. The number of benzene rings is 1. The van der Waals surface area contributed by atoms with Crippen molar-refractivity contribution in [2.45, 2.75) is 5.60 Å². The van der Waals surface area contributed by atoms with Gasteiger partial charge in [0, 0.05) is 18.0 Å². The minimum absolute atomic E-state index is 0.227. The topological polar surface area (TPSA) is 25.4 Å². The number of hydrogen-bond donors (Lipinski definition) is 0. The highest BCUT2D eigenvalue weighted by molar-refractivity contribution is 5.39. The fourth-order valence-corrected chi connectivity index (χ4v) is 1.88. The fourth-order valence-electron chi connectivity index (χ4n) is 1.88. The van der Waals surface area contributed by atoms with Gasteiger partial charge in [-0.15, -0.1) is 0 Å². The van der Waals surface area contributed by atoms with Crippen molar-refractivity contribution in [1.82, 2.24) is 4.98 Å². The van der Waals surface area contributed by atoms with Gasteiger partial charge >= 0.3 is 0 Å². The molecule has 0 saturated carbocycles. The van der Waals surface area contributed by atoms with Crippen LogP contribution in [0, 0.1) is 0 Å². The third kappa shape index (κ3) is 1.34. The molecular weight excluding hydrogens is 186 g/mol. The van der Waals surface area contributed by atoms with Gasteiger partial charge in [0.2, 0.25) is 0 Å². The second-order valence-electron chi connectivity index (χ2n) is 3.72. The molecule has 1 saturated heterocycles. The zero-order valence-corrected chi connectivity index (χ0v) is 8.26. The summed E-state index contributed by atoms with van der Waals surface area (Å²) in [4.78, 5) is 4.14. The average molecular weight is 197 g/mol. The van der Waals surface area contributed by atoms with Gasteiger partial charge in [0.05, 0.1) is 6.61 Å². The maximum absolute atomic E-state index is 5.63. The van der Waals surface area contributed by atoms with Gasteiger partial charge in [-0.3, -0.25) is 4.98 Å². The van der Waals surface area contributed by atoms with E-state index in [1.807, 2.05) is 30.5 Å². The van der Waals surface area contributed by atoms with Crippen molar-refractivity contribution < 1.29 is 4.74 Å². The third-order valence-corrected chi connectivity index (χ3v) is 2.80. The van der Waals surface area contributed by atoms with Crippen LogP contribution in [0.1, 0.15) is 11.1 Å². The molecule has 1 aliphatic rings. The Morgan fingerprint density at radius 1 is 1.00 bits per heavy atom. The summed E-state index contributed by atoms with van der Waals surface area (Å²) >= 11 is 0. The van der Waals surface area contributed by atoms with Gasteiger partial charge in [0.25, 0.3) is 0 Å². The molecule has 0 N–H and O–H groups in total. The number of rotatable bonds is 2. The molecule has 0 bridgehead atoms. The summed E-state index contributed by atoms with van der Waals surface area (Å²) in [6, 6.07) is 14.3. The van der Waals surface area contributed by atoms with Crippen molar-refractivity contribution in [3.63, 3.8) is 0 Å². The normalized spacial score (nSPS) is 23.7. The van der Waals surface area contributed by atoms with Crippen LogP contribution in [0.3, 0.4) is 0 Å². The molecular formula is C13H11NO. The van der Waals surface area contributed by atoms with Crippen molar-refractivity contribution in [1.29, 1.82) is 0 Å². The van der Waals surface area contributed by atoms with Gasteiger partial charge in [0.1, 0.15) is 5.60 Å². The molecule has 1 fully saturated rings. The molecule has 15 heavy (non-hydrogen) atoms. The first-order valence-corrected chi connectivity index (χ1v) is 5.02.